The van der Waals surface area contributed by atoms with Crippen molar-refractivity contribution in [1.29, 1.82) is 0 Å². The number of benzene rings is 1. The number of piperidine rings is 1. The second-order valence-corrected chi connectivity index (χ2v) is 6.22. The van der Waals surface area contributed by atoms with E-state index >= 15 is 0 Å². The van der Waals surface area contributed by atoms with Crippen molar-refractivity contribution >= 4 is 0 Å². The van der Waals surface area contributed by atoms with Gasteiger partial charge in [-0.3, -0.25) is 4.90 Å². The zero-order valence-corrected chi connectivity index (χ0v) is 11.4. The fourth-order valence-electron chi connectivity index (χ4n) is 3.78. The van der Waals surface area contributed by atoms with Crippen LogP contribution in [0.15, 0.2) is 30.3 Å². The summed E-state index contributed by atoms with van der Waals surface area (Å²) in [5.74, 6) is 0. The van der Waals surface area contributed by atoms with Crippen molar-refractivity contribution in [2.75, 3.05) is 19.6 Å². The predicted octanol–water partition coefficient (Wildman–Crippen LogP) is 2.65. The molecule has 2 aliphatic heterocycles. The fraction of sp³-hybridized carbons (Fsp3) is 0.625. The Morgan fingerprint density at radius 3 is 2.89 bits per heavy atom. The van der Waals surface area contributed by atoms with Crippen LogP contribution in [0.3, 0.4) is 0 Å². The van der Waals surface area contributed by atoms with E-state index in [1.807, 2.05) is 0 Å². The van der Waals surface area contributed by atoms with E-state index in [0.717, 1.165) is 12.6 Å². The van der Waals surface area contributed by atoms with E-state index in [1.165, 1.54) is 44.5 Å². The lowest BCUT2D eigenvalue weighted by atomic mass is 9.79. The predicted molar refractivity (Wildman–Crippen MR) is 75.5 cm³/mol. The molecule has 0 radical (unpaired) electrons. The molecule has 1 aromatic rings. The first-order valence-electron chi connectivity index (χ1n) is 7.26. The molecule has 18 heavy (non-hydrogen) atoms. The molecule has 0 aromatic heterocycles. The molecule has 1 N–H and O–H groups in total. The monoisotopic (exact) mass is 244 g/mol. The molecule has 1 aromatic carbocycles. The van der Waals surface area contributed by atoms with Crippen LogP contribution in [0.1, 0.15) is 31.7 Å². The Labute approximate surface area is 110 Å². The average Bonchev–Trinajstić information content (AvgIpc) is 2.68. The summed E-state index contributed by atoms with van der Waals surface area (Å²) >= 11 is 0. The van der Waals surface area contributed by atoms with Crippen LogP contribution in [0, 0.1) is 5.41 Å². The minimum Gasteiger partial charge on any atom is -0.316 e. The minimum absolute atomic E-state index is 0.562. The maximum absolute atomic E-state index is 3.60. The van der Waals surface area contributed by atoms with Crippen LogP contribution in [0.5, 0.6) is 0 Å². The van der Waals surface area contributed by atoms with Crippen molar-refractivity contribution in [3.05, 3.63) is 35.9 Å². The SMILES string of the molecule is CC1CC2(CCCNC2)CN1Cc1ccccc1. The topological polar surface area (TPSA) is 15.3 Å². The summed E-state index contributed by atoms with van der Waals surface area (Å²) in [6, 6.07) is 11.6. The first kappa shape index (κ1) is 12.2. The Kier molecular flexibility index (Phi) is 3.40. The van der Waals surface area contributed by atoms with Crippen LogP contribution in [-0.4, -0.2) is 30.6 Å². The van der Waals surface area contributed by atoms with Gasteiger partial charge in [0, 0.05) is 25.7 Å². The molecule has 2 heteroatoms. The molecule has 2 nitrogen and oxygen atoms in total. The molecule has 0 amide bonds. The van der Waals surface area contributed by atoms with Gasteiger partial charge < -0.3 is 5.32 Å². The highest BCUT2D eigenvalue weighted by molar-refractivity contribution is 5.15. The lowest BCUT2D eigenvalue weighted by Crippen LogP contribution is -2.41. The quantitative estimate of drug-likeness (QED) is 0.860. The van der Waals surface area contributed by atoms with Crippen molar-refractivity contribution in [3.8, 4) is 0 Å². The van der Waals surface area contributed by atoms with Gasteiger partial charge in [0.25, 0.3) is 0 Å². The van der Waals surface area contributed by atoms with Crippen LogP contribution in [-0.2, 0) is 6.54 Å². The molecule has 2 heterocycles. The molecular weight excluding hydrogens is 220 g/mol. The molecule has 3 rings (SSSR count). The first-order valence-corrected chi connectivity index (χ1v) is 7.26. The van der Waals surface area contributed by atoms with E-state index in [9.17, 15) is 0 Å². The Hall–Kier alpha value is -0.860. The van der Waals surface area contributed by atoms with Gasteiger partial charge in [-0.05, 0) is 43.7 Å². The molecule has 2 atom stereocenters. The van der Waals surface area contributed by atoms with E-state index in [2.05, 4.69) is 47.5 Å². The number of nitrogens with zero attached hydrogens (tertiary/aromatic N) is 1. The number of nitrogens with one attached hydrogen (secondary N) is 1. The smallest absolute Gasteiger partial charge is 0.0236 e. The molecule has 2 aliphatic rings. The minimum atomic E-state index is 0.562. The van der Waals surface area contributed by atoms with E-state index in [4.69, 9.17) is 0 Å². The molecule has 1 spiro atoms. The zero-order chi connectivity index (χ0) is 12.4. The van der Waals surface area contributed by atoms with Crippen molar-refractivity contribution in [2.24, 2.45) is 5.41 Å². The third-order valence-electron chi connectivity index (χ3n) is 4.68. The number of likely N-dealkylation sites (tertiary alicyclic amines) is 1. The number of hydrogen-bond donors (Lipinski definition) is 1. The van der Waals surface area contributed by atoms with Crippen LogP contribution in [0.25, 0.3) is 0 Å². The third-order valence-corrected chi connectivity index (χ3v) is 4.68. The Bertz CT molecular complexity index is 381. The van der Waals surface area contributed by atoms with E-state index in [1.54, 1.807) is 0 Å². The van der Waals surface area contributed by atoms with E-state index in [0.29, 0.717) is 5.41 Å². The maximum atomic E-state index is 3.60. The highest BCUT2D eigenvalue weighted by Crippen LogP contribution is 2.40. The second-order valence-electron chi connectivity index (χ2n) is 6.22. The Balaban J connectivity index is 1.67. The van der Waals surface area contributed by atoms with Crippen molar-refractivity contribution in [3.63, 3.8) is 0 Å². The lowest BCUT2D eigenvalue weighted by Gasteiger charge is -2.34. The van der Waals surface area contributed by atoms with Crippen LogP contribution in [0.2, 0.25) is 0 Å². The highest BCUT2D eigenvalue weighted by atomic mass is 15.2. The second kappa shape index (κ2) is 5.02. The molecule has 2 fully saturated rings. The van der Waals surface area contributed by atoms with Gasteiger partial charge in [-0.25, -0.2) is 0 Å². The molecule has 0 bridgehead atoms. The molecular formula is C16H24N2. The molecule has 2 unspecified atom stereocenters. The van der Waals surface area contributed by atoms with Gasteiger partial charge in [-0.2, -0.15) is 0 Å². The molecule has 0 aliphatic carbocycles. The van der Waals surface area contributed by atoms with Gasteiger partial charge in [0.05, 0.1) is 0 Å². The summed E-state index contributed by atoms with van der Waals surface area (Å²) in [6.07, 6.45) is 4.13. The summed E-state index contributed by atoms with van der Waals surface area (Å²) in [5.41, 5.74) is 2.01. The van der Waals surface area contributed by atoms with Gasteiger partial charge in [0.2, 0.25) is 0 Å². The summed E-state index contributed by atoms with van der Waals surface area (Å²) in [5, 5.41) is 3.60. The first-order chi connectivity index (χ1) is 8.77. The van der Waals surface area contributed by atoms with E-state index in [-0.39, 0.29) is 0 Å². The normalized spacial score (nSPS) is 33.1. The van der Waals surface area contributed by atoms with Crippen molar-refractivity contribution in [1.82, 2.24) is 10.2 Å². The number of rotatable bonds is 2. The van der Waals surface area contributed by atoms with Gasteiger partial charge in [-0.15, -0.1) is 0 Å². The maximum Gasteiger partial charge on any atom is 0.0236 e. The fourth-order valence-corrected chi connectivity index (χ4v) is 3.78. The van der Waals surface area contributed by atoms with Crippen LogP contribution < -0.4 is 5.32 Å². The van der Waals surface area contributed by atoms with Gasteiger partial charge in [0.15, 0.2) is 0 Å². The van der Waals surface area contributed by atoms with E-state index < -0.39 is 0 Å². The summed E-state index contributed by atoms with van der Waals surface area (Å²) in [6.45, 7) is 7.23. The van der Waals surface area contributed by atoms with Crippen molar-refractivity contribution in [2.45, 2.75) is 38.8 Å². The molecule has 0 saturated carbocycles. The Morgan fingerprint density at radius 2 is 2.17 bits per heavy atom. The highest BCUT2D eigenvalue weighted by Gasteiger charge is 2.42. The molecule has 98 valence electrons. The van der Waals surface area contributed by atoms with Crippen LogP contribution >= 0.6 is 0 Å². The number of hydrogen-bond acceptors (Lipinski definition) is 2. The third kappa shape index (κ3) is 2.45. The standard InChI is InChI=1S/C16H24N2/c1-14-10-16(8-5-9-17-12-16)13-18(14)11-15-6-3-2-4-7-15/h2-4,6-7,14,17H,5,8-13H2,1H3. The largest absolute Gasteiger partial charge is 0.316 e. The van der Waals surface area contributed by atoms with Gasteiger partial charge >= 0.3 is 0 Å². The summed E-state index contributed by atoms with van der Waals surface area (Å²) < 4.78 is 0. The summed E-state index contributed by atoms with van der Waals surface area (Å²) in [7, 11) is 0. The summed E-state index contributed by atoms with van der Waals surface area (Å²) in [4.78, 5) is 2.67. The van der Waals surface area contributed by atoms with Crippen molar-refractivity contribution < 1.29 is 0 Å². The Morgan fingerprint density at radius 1 is 1.33 bits per heavy atom. The van der Waals surface area contributed by atoms with Crippen LogP contribution in [0.4, 0.5) is 0 Å². The molecule has 2 saturated heterocycles. The lowest BCUT2D eigenvalue weighted by molar-refractivity contribution is 0.195. The zero-order valence-electron chi connectivity index (χ0n) is 11.4. The van der Waals surface area contributed by atoms with Gasteiger partial charge in [0.1, 0.15) is 0 Å². The van der Waals surface area contributed by atoms with Gasteiger partial charge in [-0.1, -0.05) is 30.3 Å². The average molecular weight is 244 g/mol.